The summed E-state index contributed by atoms with van der Waals surface area (Å²) >= 11 is 3.45. The molecule has 0 fully saturated rings. The molecule has 0 atom stereocenters. The Morgan fingerprint density at radius 2 is 1.81 bits per heavy atom. The molecule has 8 nitrogen and oxygen atoms in total. The molecular weight excluding hydrogens is 546 g/mol. The fraction of sp³-hybridized carbons (Fsp3) is 0.154. The zero-order chi connectivity index (χ0) is 26.0. The standard InChI is InChI=1S/C26H24BrN3O5S/c1-30(36(2,34)35)20-10-8-19(9-11-20)28-25(17-5-3-4-16(14-17)6-13-23(31)32)24-21-12-7-18(27)15-22(21)29-26(24)33/h3-5,7-12,14-15,29,33H,6,13H2,1-2H3,(H,31,32). The molecule has 186 valence electrons. The molecule has 10 heteroatoms. The van der Waals surface area contributed by atoms with E-state index in [1.165, 1.54) is 11.4 Å². The molecule has 0 radical (unpaired) electrons. The molecule has 0 spiro atoms. The molecule has 3 N–H and O–H groups in total. The van der Waals surface area contributed by atoms with Gasteiger partial charge in [-0.3, -0.25) is 9.10 Å². The van der Waals surface area contributed by atoms with Crippen LogP contribution in [-0.4, -0.2) is 48.6 Å². The van der Waals surface area contributed by atoms with Crippen molar-refractivity contribution in [1.29, 1.82) is 0 Å². The maximum absolute atomic E-state index is 11.9. The number of rotatable bonds is 8. The third-order valence-corrected chi connectivity index (χ3v) is 7.46. The quantitative estimate of drug-likeness (QED) is 0.251. The van der Waals surface area contributed by atoms with Gasteiger partial charge in [0.15, 0.2) is 5.88 Å². The summed E-state index contributed by atoms with van der Waals surface area (Å²) in [6, 6.07) is 19.7. The van der Waals surface area contributed by atoms with Crippen LogP contribution < -0.4 is 4.31 Å². The van der Waals surface area contributed by atoms with Gasteiger partial charge in [0.05, 0.1) is 34.4 Å². The highest BCUT2D eigenvalue weighted by atomic mass is 79.9. The lowest BCUT2D eigenvalue weighted by atomic mass is 9.98. The van der Waals surface area contributed by atoms with Crippen molar-refractivity contribution in [3.63, 3.8) is 0 Å². The number of nitrogens with one attached hydrogen (secondary N) is 1. The molecule has 36 heavy (non-hydrogen) atoms. The van der Waals surface area contributed by atoms with Gasteiger partial charge in [-0.15, -0.1) is 0 Å². The number of aryl methyl sites for hydroxylation is 1. The van der Waals surface area contributed by atoms with E-state index in [1.54, 1.807) is 24.3 Å². The summed E-state index contributed by atoms with van der Waals surface area (Å²) in [7, 11) is -1.93. The molecular formula is C26H24BrN3O5S. The van der Waals surface area contributed by atoms with Crippen molar-refractivity contribution in [2.24, 2.45) is 4.99 Å². The molecule has 0 unspecified atom stereocenters. The molecule has 1 heterocycles. The Bertz CT molecular complexity index is 1580. The van der Waals surface area contributed by atoms with Gasteiger partial charge in [0.1, 0.15) is 0 Å². The number of hydrogen-bond donors (Lipinski definition) is 3. The molecule has 0 bridgehead atoms. The molecule has 0 saturated heterocycles. The normalized spacial score (nSPS) is 12.1. The third-order valence-electron chi connectivity index (χ3n) is 5.76. The van der Waals surface area contributed by atoms with Gasteiger partial charge in [-0.1, -0.05) is 40.2 Å². The summed E-state index contributed by atoms with van der Waals surface area (Å²) < 4.78 is 25.8. The number of hydrogen-bond acceptors (Lipinski definition) is 5. The molecule has 4 aromatic rings. The second-order valence-electron chi connectivity index (χ2n) is 8.34. The first-order chi connectivity index (χ1) is 17.0. The monoisotopic (exact) mass is 569 g/mol. The zero-order valence-corrected chi connectivity index (χ0v) is 22.0. The number of aromatic amines is 1. The molecule has 0 saturated carbocycles. The number of fused-ring (bicyclic) bond motifs is 1. The van der Waals surface area contributed by atoms with E-state index in [0.29, 0.717) is 34.6 Å². The number of aliphatic carboxylic acids is 1. The lowest BCUT2D eigenvalue weighted by Gasteiger charge is -2.16. The number of sulfonamides is 1. The lowest BCUT2D eigenvalue weighted by Crippen LogP contribution is -2.24. The van der Waals surface area contributed by atoms with Crippen molar-refractivity contribution in [2.45, 2.75) is 12.8 Å². The zero-order valence-electron chi connectivity index (χ0n) is 19.6. The van der Waals surface area contributed by atoms with Crippen LogP contribution in [0, 0.1) is 0 Å². The SMILES string of the molecule is CN(c1ccc(N=C(c2cccc(CCC(=O)O)c2)c2c(O)[nH]c3cc(Br)ccc23)cc1)S(C)(=O)=O. The number of carboxylic acids is 1. The van der Waals surface area contributed by atoms with Crippen LogP contribution in [0.2, 0.25) is 0 Å². The van der Waals surface area contributed by atoms with Crippen LogP contribution in [0.4, 0.5) is 11.4 Å². The minimum absolute atomic E-state index is 0.00237. The van der Waals surface area contributed by atoms with E-state index in [9.17, 15) is 18.3 Å². The number of aliphatic imine (C=N–C) groups is 1. The average Bonchev–Trinajstić information content (AvgIpc) is 3.15. The Morgan fingerprint density at radius 1 is 1.08 bits per heavy atom. The van der Waals surface area contributed by atoms with Crippen LogP contribution in [0.5, 0.6) is 5.88 Å². The Kier molecular flexibility index (Phi) is 7.18. The molecule has 0 aliphatic heterocycles. The second kappa shape index (κ2) is 10.2. The minimum atomic E-state index is -3.41. The average molecular weight is 570 g/mol. The van der Waals surface area contributed by atoms with E-state index in [-0.39, 0.29) is 12.3 Å². The minimum Gasteiger partial charge on any atom is -0.494 e. The van der Waals surface area contributed by atoms with E-state index < -0.39 is 16.0 Å². The smallest absolute Gasteiger partial charge is 0.303 e. The van der Waals surface area contributed by atoms with E-state index >= 15 is 0 Å². The largest absolute Gasteiger partial charge is 0.494 e. The molecule has 0 aliphatic carbocycles. The summed E-state index contributed by atoms with van der Waals surface area (Å²) in [4.78, 5) is 18.9. The highest BCUT2D eigenvalue weighted by molar-refractivity contribution is 9.10. The van der Waals surface area contributed by atoms with Gasteiger partial charge in [0.2, 0.25) is 10.0 Å². The van der Waals surface area contributed by atoms with Crippen molar-refractivity contribution in [2.75, 3.05) is 17.6 Å². The first-order valence-electron chi connectivity index (χ1n) is 11.0. The number of benzene rings is 3. The molecule has 4 rings (SSSR count). The molecule has 3 aromatic carbocycles. The van der Waals surface area contributed by atoms with Gasteiger partial charge >= 0.3 is 5.97 Å². The Balaban J connectivity index is 1.86. The van der Waals surface area contributed by atoms with Crippen molar-refractivity contribution in [3.05, 3.63) is 87.9 Å². The topological polar surface area (TPSA) is 123 Å². The predicted molar refractivity (Wildman–Crippen MR) is 145 cm³/mol. The van der Waals surface area contributed by atoms with E-state index in [0.717, 1.165) is 27.2 Å². The number of carbonyl (C=O) groups is 1. The number of halogens is 1. The number of aromatic hydroxyl groups is 1. The fourth-order valence-corrected chi connectivity index (χ4v) is 4.71. The van der Waals surface area contributed by atoms with Gasteiger partial charge in [-0.25, -0.2) is 13.4 Å². The maximum Gasteiger partial charge on any atom is 0.303 e. The number of H-pyrrole nitrogens is 1. The van der Waals surface area contributed by atoms with E-state index in [4.69, 9.17) is 10.1 Å². The van der Waals surface area contributed by atoms with Gasteiger partial charge in [0.25, 0.3) is 0 Å². The molecule has 1 aromatic heterocycles. The van der Waals surface area contributed by atoms with Crippen molar-refractivity contribution < 1.29 is 23.4 Å². The van der Waals surface area contributed by atoms with Gasteiger partial charge in [-0.2, -0.15) is 0 Å². The Labute approximate surface area is 217 Å². The first kappa shape index (κ1) is 25.5. The summed E-state index contributed by atoms with van der Waals surface area (Å²) in [5.74, 6) is -0.931. The first-order valence-corrected chi connectivity index (χ1v) is 13.6. The maximum atomic E-state index is 11.9. The van der Waals surface area contributed by atoms with Gasteiger partial charge in [-0.05, 0) is 54.4 Å². The van der Waals surface area contributed by atoms with Gasteiger partial charge in [0, 0.05) is 28.9 Å². The van der Waals surface area contributed by atoms with Crippen molar-refractivity contribution in [3.8, 4) is 5.88 Å². The fourth-order valence-electron chi connectivity index (χ4n) is 3.84. The summed E-state index contributed by atoms with van der Waals surface area (Å²) in [6.07, 6.45) is 1.49. The number of nitrogens with zero attached hydrogens (tertiary/aromatic N) is 2. The highest BCUT2D eigenvalue weighted by Gasteiger charge is 2.20. The lowest BCUT2D eigenvalue weighted by molar-refractivity contribution is -0.136. The van der Waals surface area contributed by atoms with Crippen LogP contribution in [0.1, 0.15) is 23.1 Å². The van der Waals surface area contributed by atoms with Crippen molar-refractivity contribution in [1.82, 2.24) is 4.98 Å². The number of carboxylic acid groups (broad SMARTS) is 1. The van der Waals surface area contributed by atoms with Crippen LogP contribution in [0.25, 0.3) is 10.9 Å². The van der Waals surface area contributed by atoms with Crippen LogP contribution in [0.15, 0.2) is 76.2 Å². The summed E-state index contributed by atoms with van der Waals surface area (Å²) in [5.41, 5.74) is 4.29. The third kappa shape index (κ3) is 5.60. The highest BCUT2D eigenvalue weighted by Crippen LogP contribution is 2.33. The van der Waals surface area contributed by atoms with E-state index in [1.807, 2.05) is 42.5 Å². The number of aromatic nitrogens is 1. The van der Waals surface area contributed by atoms with Crippen LogP contribution in [-0.2, 0) is 21.2 Å². The summed E-state index contributed by atoms with van der Waals surface area (Å²) in [5, 5.41) is 20.7. The van der Waals surface area contributed by atoms with Crippen LogP contribution in [0.3, 0.4) is 0 Å². The van der Waals surface area contributed by atoms with Gasteiger partial charge < -0.3 is 15.2 Å². The van der Waals surface area contributed by atoms with E-state index in [2.05, 4.69) is 20.9 Å². The van der Waals surface area contributed by atoms with Crippen LogP contribution >= 0.6 is 15.9 Å². The second-order valence-corrected chi connectivity index (χ2v) is 11.3. The predicted octanol–water partition coefficient (Wildman–Crippen LogP) is 5.22. The van der Waals surface area contributed by atoms with Crippen molar-refractivity contribution >= 4 is 59.9 Å². The number of anilines is 1. The molecule has 0 aliphatic rings. The Hall–Kier alpha value is -3.63. The summed E-state index contributed by atoms with van der Waals surface area (Å²) in [6.45, 7) is 0. The molecule has 0 amide bonds. The Morgan fingerprint density at radius 3 is 2.47 bits per heavy atom.